The van der Waals surface area contributed by atoms with Crippen molar-refractivity contribution in [1.29, 1.82) is 0 Å². The second kappa shape index (κ2) is 6.08. The normalized spacial score (nSPS) is 13.3. The third kappa shape index (κ3) is 2.65. The van der Waals surface area contributed by atoms with Crippen LogP contribution in [0.15, 0.2) is 42.7 Å². The summed E-state index contributed by atoms with van der Waals surface area (Å²) in [5.74, 6) is 0.921. The van der Waals surface area contributed by atoms with Crippen LogP contribution in [-0.2, 0) is 17.9 Å². The van der Waals surface area contributed by atoms with Crippen molar-refractivity contribution >= 4 is 17.5 Å². The number of amides is 1. The van der Waals surface area contributed by atoms with E-state index in [1.54, 1.807) is 4.90 Å². The van der Waals surface area contributed by atoms with Crippen LogP contribution < -0.4 is 0 Å². The predicted octanol–water partition coefficient (Wildman–Crippen LogP) is 3.36. The van der Waals surface area contributed by atoms with Gasteiger partial charge in [-0.25, -0.2) is 4.68 Å². The number of rotatable bonds is 3. The van der Waals surface area contributed by atoms with Gasteiger partial charge < -0.3 is 9.47 Å². The second-order valence-corrected chi connectivity index (χ2v) is 6.67. The van der Waals surface area contributed by atoms with Crippen molar-refractivity contribution in [2.75, 3.05) is 5.88 Å². The molecule has 0 fully saturated rings. The van der Waals surface area contributed by atoms with Gasteiger partial charge in [-0.3, -0.25) is 4.79 Å². The maximum atomic E-state index is 12.0. The van der Waals surface area contributed by atoms with Crippen LogP contribution in [0, 0.1) is 13.8 Å². The van der Waals surface area contributed by atoms with E-state index in [1.807, 2.05) is 29.2 Å². The molecule has 1 amide bonds. The Morgan fingerprint density at radius 3 is 2.60 bits per heavy atom. The average Bonchev–Trinajstić information content (AvgIpc) is 3.31. The fourth-order valence-corrected chi connectivity index (χ4v) is 3.41. The first-order valence-electron chi connectivity index (χ1n) is 8.24. The van der Waals surface area contributed by atoms with Gasteiger partial charge in [0.1, 0.15) is 11.7 Å². The molecule has 6 heteroatoms. The second-order valence-electron chi connectivity index (χ2n) is 6.40. The minimum atomic E-state index is -0.0594. The van der Waals surface area contributed by atoms with Crippen molar-refractivity contribution in [3.63, 3.8) is 0 Å². The zero-order valence-electron chi connectivity index (χ0n) is 14.2. The van der Waals surface area contributed by atoms with Crippen molar-refractivity contribution in [3.8, 4) is 11.5 Å². The molecular formula is C19H19ClN4O. The van der Waals surface area contributed by atoms with Crippen LogP contribution in [0.5, 0.6) is 0 Å². The summed E-state index contributed by atoms with van der Waals surface area (Å²) in [6, 6.07) is 10.3. The number of hydrogen-bond acceptors (Lipinski definition) is 2. The summed E-state index contributed by atoms with van der Waals surface area (Å²) >= 11 is 5.72. The Morgan fingerprint density at radius 2 is 1.92 bits per heavy atom. The summed E-state index contributed by atoms with van der Waals surface area (Å²) < 4.78 is 4.02. The largest absolute Gasteiger partial charge is 0.331 e. The highest BCUT2D eigenvalue weighted by Crippen LogP contribution is 2.31. The number of aryl methyl sites for hydroxylation is 2. The number of benzene rings is 1. The molecule has 1 aliphatic rings. The van der Waals surface area contributed by atoms with Crippen molar-refractivity contribution in [3.05, 3.63) is 65.1 Å². The van der Waals surface area contributed by atoms with Crippen LogP contribution in [0.3, 0.4) is 0 Å². The predicted molar refractivity (Wildman–Crippen MR) is 97.3 cm³/mol. The lowest BCUT2D eigenvalue weighted by Crippen LogP contribution is -2.27. The molecule has 0 spiro atoms. The molecule has 3 aromatic rings. The Hall–Kier alpha value is -2.53. The van der Waals surface area contributed by atoms with Crippen molar-refractivity contribution in [2.45, 2.75) is 26.9 Å². The van der Waals surface area contributed by atoms with E-state index < -0.39 is 0 Å². The van der Waals surface area contributed by atoms with E-state index in [2.05, 4.69) is 36.6 Å². The average molecular weight is 355 g/mol. The van der Waals surface area contributed by atoms with Crippen molar-refractivity contribution < 1.29 is 4.79 Å². The molecule has 0 N–H and O–H groups in total. The van der Waals surface area contributed by atoms with Gasteiger partial charge in [-0.2, -0.15) is 5.10 Å². The molecule has 0 atom stereocenters. The van der Waals surface area contributed by atoms with Crippen LogP contribution in [0.2, 0.25) is 0 Å². The number of carbonyl (C=O) groups excluding carboxylic acids is 1. The lowest BCUT2D eigenvalue weighted by atomic mass is 10.1. The Labute approximate surface area is 151 Å². The number of carbonyl (C=O) groups is 1. The van der Waals surface area contributed by atoms with E-state index in [0.717, 1.165) is 22.8 Å². The lowest BCUT2D eigenvalue weighted by Gasteiger charge is -2.16. The minimum Gasteiger partial charge on any atom is -0.331 e. The minimum absolute atomic E-state index is 0.000282. The molecule has 2 aromatic heterocycles. The molecule has 3 heterocycles. The number of alkyl halides is 1. The zero-order chi connectivity index (χ0) is 17.6. The topological polar surface area (TPSA) is 43.1 Å². The first kappa shape index (κ1) is 16.0. The molecule has 0 bridgehead atoms. The lowest BCUT2D eigenvalue weighted by molar-refractivity contribution is -0.129. The van der Waals surface area contributed by atoms with Crippen LogP contribution in [0.25, 0.3) is 11.5 Å². The van der Waals surface area contributed by atoms with Gasteiger partial charge in [-0.15, -0.1) is 11.6 Å². The van der Waals surface area contributed by atoms with E-state index in [0.29, 0.717) is 13.1 Å². The summed E-state index contributed by atoms with van der Waals surface area (Å²) in [6.07, 6.45) is 4.00. The summed E-state index contributed by atoms with van der Waals surface area (Å²) in [5, 5.41) is 4.81. The highest BCUT2D eigenvalue weighted by Gasteiger charge is 2.30. The summed E-state index contributed by atoms with van der Waals surface area (Å²) in [7, 11) is 0. The quantitative estimate of drug-likeness (QED) is 0.677. The van der Waals surface area contributed by atoms with Crippen molar-refractivity contribution in [1.82, 2.24) is 19.2 Å². The van der Waals surface area contributed by atoms with E-state index in [4.69, 9.17) is 16.7 Å². The van der Waals surface area contributed by atoms with Crippen LogP contribution in [0.4, 0.5) is 0 Å². The van der Waals surface area contributed by atoms with E-state index in [9.17, 15) is 4.79 Å². The molecule has 0 saturated carbocycles. The maximum Gasteiger partial charge on any atom is 0.238 e. The fourth-order valence-electron chi connectivity index (χ4n) is 3.24. The Morgan fingerprint density at radius 1 is 1.16 bits per heavy atom. The van der Waals surface area contributed by atoms with Gasteiger partial charge in [0.15, 0.2) is 0 Å². The van der Waals surface area contributed by atoms with Gasteiger partial charge in [0.25, 0.3) is 0 Å². The maximum absolute atomic E-state index is 12.0. The molecule has 0 unspecified atom stereocenters. The van der Waals surface area contributed by atoms with Gasteiger partial charge >= 0.3 is 0 Å². The van der Waals surface area contributed by atoms with Crippen molar-refractivity contribution in [2.24, 2.45) is 0 Å². The van der Waals surface area contributed by atoms with E-state index >= 15 is 0 Å². The molecule has 0 aliphatic carbocycles. The molecule has 1 aliphatic heterocycles. The van der Waals surface area contributed by atoms with E-state index in [1.165, 1.54) is 11.1 Å². The zero-order valence-corrected chi connectivity index (χ0v) is 15.0. The molecule has 128 valence electrons. The number of nitrogens with zero attached hydrogens (tertiary/aromatic N) is 4. The third-order valence-electron chi connectivity index (χ3n) is 4.78. The SMILES string of the molecule is Cc1ccc(-n2nc3c(c2-n2cccc2)CN(C(=O)CCl)C3)cc1C. The third-order valence-corrected chi connectivity index (χ3v) is 5.01. The van der Waals surface area contributed by atoms with Gasteiger partial charge in [-0.1, -0.05) is 6.07 Å². The van der Waals surface area contributed by atoms with Crippen LogP contribution in [-0.4, -0.2) is 31.0 Å². The van der Waals surface area contributed by atoms with Crippen LogP contribution in [0.1, 0.15) is 22.4 Å². The Balaban J connectivity index is 1.85. The number of halogens is 1. The number of fused-ring (bicyclic) bond motifs is 1. The summed E-state index contributed by atoms with van der Waals surface area (Å²) in [4.78, 5) is 13.7. The van der Waals surface area contributed by atoms with Gasteiger partial charge in [0, 0.05) is 18.0 Å². The molecule has 5 nitrogen and oxygen atoms in total. The van der Waals surface area contributed by atoms with E-state index in [-0.39, 0.29) is 11.8 Å². The Kier molecular flexibility index (Phi) is 3.88. The first-order valence-corrected chi connectivity index (χ1v) is 8.77. The Bertz CT molecular complexity index is 943. The highest BCUT2D eigenvalue weighted by atomic mass is 35.5. The molecule has 4 rings (SSSR count). The van der Waals surface area contributed by atoms with Gasteiger partial charge in [-0.05, 0) is 49.2 Å². The van der Waals surface area contributed by atoms with Crippen LogP contribution >= 0.6 is 11.6 Å². The van der Waals surface area contributed by atoms with Gasteiger partial charge in [0.2, 0.25) is 5.91 Å². The number of aromatic nitrogens is 3. The smallest absolute Gasteiger partial charge is 0.238 e. The standard InChI is InChI=1S/C19H19ClN4O/c1-13-5-6-15(9-14(13)2)24-19(22-7-3-4-8-22)16-11-23(18(25)10-20)12-17(16)21-24/h3-9H,10-12H2,1-2H3. The summed E-state index contributed by atoms with van der Waals surface area (Å²) in [6.45, 7) is 5.25. The monoisotopic (exact) mass is 354 g/mol. The number of hydrogen-bond donors (Lipinski definition) is 0. The highest BCUT2D eigenvalue weighted by molar-refractivity contribution is 6.27. The molecule has 1 aromatic carbocycles. The fraction of sp³-hybridized carbons (Fsp3) is 0.263. The first-order chi connectivity index (χ1) is 12.1. The molecule has 0 radical (unpaired) electrons. The summed E-state index contributed by atoms with van der Waals surface area (Å²) in [5.41, 5.74) is 5.51. The molecule has 25 heavy (non-hydrogen) atoms. The molecular weight excluding hydrogens is 336 g/mol. The molecule has 0 saturated heterocycles. The van der Waals surface area contributed by atoms with Gasteiger partial charge in [0.05, 0.1) is 24.5 Å².